The molecular formula is C32H33FN6O3. The van der Waals surface area contributed by atoms with Gasteiger partial charge in [0.25, 0.3) is 0 Å². The minimum atomic E-state index is -0.646. The van der Waals surface area contributed by atoms with Gasteiger partial charge in [0.1, 0.15) is 29.4 Å². The maximum atomic E-state index is 16.7. The SMILES string of the molecule is C#Cc1cccc2cc(O)cc(-c3ncc4c(N5CC6CCC(C5)N6)nc(OC[C@]5(CO)CCCN5C)nc4c3F)c12. The van der Waals surface area contributed by atoms with E-state index in [2.05, 4.69) is 31.0 Å². The molecule has 3 N–H and O–H groups in total. The van der Waals surface area contributed by atoms with Gasteiger partial charge in [-0.25, -0.2) is 4.39 Å². The van der Waals surface area contributed by atoms with E-state index in [1.54, 1.807) is 24.4 Å². The molecule has 2 unspecified atom stereocenters. The Hall–Kier alpha value is -4.04. The first-order valence-corrected chi connectivity index (χ1v) is 14.4. The van der Waals surface area contributed by atoms with Crippen LogP contribution in [-0.4, -0.2) is 87.6 Å². The number of benzene rings is 2. The lowest BCUT2D eigenvalue weighted by Crippen LogP contribution is -2.51. The van der Waals surface area contributed by atoms with Gasteiger partial charge in [0.05, 0.1) is 17.5 Å². The molecule has 3 saturated heterocycles. The summed E-state index contributed by atoms with van der Waals surface area (Å²) >= 11 is 0. The number of aliphatic hydroxyl groups excluding tert-OH is 1. The number of likely N-dealkylation sites (N-methyl/N-ethyl adjacent to an activating group) is 1. The van der Waals surface area contributed by atoms with Crippen molar-refractivity contribution in [2.24, 2.45) is 0 Å². The summed E-state index contributed by atoms with van der Waals surface area (Å²) in [4.78, 5) is 18.2. The van der Waals surface area contributed by atoms with E-state index in [9.17, 15) is 10.2 Å². The van der Waals surface area contributed by atoms with Crippen LogP contribution in [0.1, 0.15) is 31.2 Å². The van der Waals surface area contributed by atoms with Crippen LogP contribution in [0.3, 0.4) is 0 Å². The highest BCUT2D eigenvalue weighted by Gasteiger charge is 2.40. The number of phenolic OH excluding ortho intramolecular Hbond substituents is 1. The largest absolute Gasteiger partial charge is 0.508 e. The molecule has 4 aromatic rings. The second-order valence-electron chi connectivity index (χ2n) is 11.8. The van der Waals surface area contributed by atoms with Gasteiger partial charge in [-0.05, 0) is 62.9 Å². The first-order valence-electron chi connectivity index (χ1n) is 14.4. The molecule has 0 saturated carbocycles. The molecule has 2 bridgehead atoms. The number of hydrogen-bond acceptors (Lipinski definition) is 9. The Morgan fingerprint density at radius 3 is 2.74 bits per heavy atom. The molecule has 0 amide bonds. The summed E-state index contributed by atoms with van der Waals surface area (Å²) in [6, 6.07) is 9.20. The van der Waals surface area contributed by atoms with Crippen LogP contribution in [0.2, 0.25) is 0 Å². The normalized spacial score (nSPS) is 24.0. The van der Waals surface area contributed by atoms with E-state index in [4.69, 9.17) is 16.1 Å². The maximum Gasteiger partial charge on any atom is 0.319 e. The molecule has 9 nitrogen and oxygen atoms in total. The molecule has 216 valence electrons. The number of aromatic nitrogens is 3. The van der Waals surface area contributed by atoms with Gasteiger partial charge >= 0.3 is 6.01 Å². The number of nitrogens with zero attached hydrogens (tertiary/aromatic N) is 5. The monoisotopic (exact) mass is 568 g/mol. The number of terminal acetylenes is 1. The Balaban J connectivity index is 1.38. The first-order chi connectivity index (χ1) is 20.4. The van der Waals surface area contributed by atoms with Crippen LogP contribution < -0.4 is 15.0 Å². The van der Waals surface area contributed by atoms with Gasteiger partial charge in [-0.2, -0.15) is 9.97 Å². The summed E-state index contributed by atoms with van der Waals surface area (Å²) in [6.07, 6.45) is 11.3. The van der Waals surface area contributed by atoms with Crippen LogP contribution in [-0.2, 0) is 0 Å². The van der Waals surface area contributed by atoms with Gasteiger partial charge in [0.2, 0.25) is 0 Å². The molecule has 2 aromatic heterocycles. The predicted molar refractivity (Wildman–Crippen MR) is 159 cm³/mol. The van der Waals surface area contributed by atoms with Crippen LogP contribution in [0, 0.1) is 18.2 Å². The standard InChI is InChI=1S/C32H33FN6O3/c1-3-19-6-4-7-20-12-23(41)13-24(26(19)20)28-27(33)29-25(14-34-28)30(39-15-21-8-9-22(16-39)35-21)37-31(36-29)42-18-32(17-40)10-5-11-38(32)2/h1,4,6-7,12-14,21-22,35,40-41H,5,8-11,15-18H2,2H3/t21?,22?,32-/m1/s1. The third-order valence-electron chi connectivity index (χ3n) is 9.24. The zero-order chi connectivity index (χ0) is 29.0. The van der Waals surface area contributed by atoms with Crippen molar-refractivity contribution in [1.29, 1.82) is 0 Å². The summed E-state index contributed by atoms with van der Waals surface area (Å²) in [7, 11) is 1.97. The number of phenols is 1. The highest BCUT2D eigenvalue weighted by Crippen LogP contribution is 2.39. The molecule has 3 aliphatic heterocycles. The van der Waals surface area contributed by atoms with Crippen molar-refractivity contribution >= 4 is 27.5 Å². The van der Waals surface area contributed by atoms with Crippen LogP contribution in [0.4, 0.5) is 10.2 Å². The number of piperazine rings is 1. The van der Waals surface area contributed by atoms with Crippen molar-refractivity contribution in [1.82, 2.24) is 25.2 Å². The summed E-state index contributed by atoms with van der Waals surface area (Å²) in [5.74, 6) is 2.58. The van der Waals surface area contributed by atoms with E-state index in [-0.39, 0.29) is 36.2 Å². The van der Waals surface area contributed by atoms with Crippen molar-refractivity contribution < 1.29 is 19.3 Å². The molecule has 3 atom stereocenters. The van der Waals surface area contributed by atoms with Crippen molar-refractivity contribution in [3.8, 4) is 35.4 Å². The topological polar surface area (TPSA) is 107 Å². The minimum Gasteiger partial charge on any atom is -0.508 e. The van der Waals surface area contributed by atoms with Gasteiger partial charge in [-0.15, -0.1) is 6.42 Å². The molecule has 7 rings (SSSR count). The molecule has 2 aromatic carbocycles. The number of aliphatic hydroxyl groups is 1. The fraction of sp³-hybridized carbons (Fsp3) is 0.406. The van der Waals surface area contributed by atoms with Crippen LogP contribution >= 0.6 is 0 Å². The quantitative estimate of drug-likeness (QED) is 0.302. The van der Waals surface area contributed by atoms with Gasteiger partial charge < -0.3 is 25.2 Å². The first kappa shape index (κ1) is 26.8. The summed E-state index contributed by atoms with van der Waals surface area (Å²) in [5, 5.41) is 26.2. The molecule has 42 heavy (non-hydrogen) atoms. The number of ether oxygens (including phenoxy) is 1. The van der Waals surface area contributed by atoms with E-state index in [0.29, 0.717) is 45.2 Å². The summed E-state index contributed by atoms with van der Waals surface area (Å²) in [5.41, 5.74) is 0.527. The van der Waals surface area contributed by atoms with Crippen molar-refractivity contribution in [2.75, 3.05) is 44.8 Å². The number of hydrogen-bond donors (Lipinski definition) is 3. The highest BCUT2D eigenvalue weighted by molar-refractivity contribution is 6.02. The zero-order valence-corrected chi connectivity index (χ0v) is 23.5. The summed E-state index contributed by atoms with van der Waals surface area (Å²) < 4.78 is 22.8. The fourth-order valence-corrected chi connectivity index (χ4v) is 6.90. The van der Waals surface area contributed by atoms with Crippen molar-refractivity contribution in [3.05, 3.63) is 47.9 Å². The lowest BCUT2D eigenvalue weighted by atomic mass is 9.96. The van der Waals surface area contributed by atoms with Gasteiger partial charge in [0, 0.05) is 47.9 Å². The average Bonchev–Trinajstić information content (AvgIpc) is 3.55. The smallest absolute Gasteiger partial charge is 0.319 e. The number of fused-ring (bicyclic) bond motifs is 4. The number of nitrogens with one attached hydrogen (secondary N) is 1. The lowest BCUT2D eigenvalue weighted by molar-refractivity contribution is 0.0363. The van der Waals surface area contributed by atoms with Crippen LogP contribution in [0.15, 0.2) is 36.5 Å². The number of aromatic hydroxyl groups is 1. The minimum absolute atomic E-state index is 0.0216. The number of likely N-dealkylation sites (tertiary alicyclic amines) is 1. The molecule has 3 aliphatic rings. The molecule has 0 spiro atoms. The molecule has 0 aliphatic carbocycles. The van der Waals surface area contributed by atoms with Crippen LogP contribution in [0.25, 0.3) is 32.9 Å². The van der Waals surface area contributed by atoms with E-state index >= 15 is 4.39 Å². The Kier molecular flexibility index (Phi) is 6.61. The molecule has 3 fully saturated rings. The molecule has 10 heteroatoms. The average molecular weight is 569 g/mol. The van der Waals surface area contributed by atoms with Gasteiger partial charge in [-0.1, -0.05) is 18.1 Å². The number of anilines is 1. The van der Waals surface area contributed by atoms with Crippen molar-refractivity contribution in [2.45, 2.75) is 43.3 Å². The molecular weight excluding hydrogens is 535 g/mol. The summed E-state index contributed by atoms with van der Waals surface area (Å²) in [6.45, 7) is 2.45. The Bertz CT molecular complexity index is 1730. The highest BCUT2D eigenvalue weighted by atomic mass is 19.1. The fourth-order valence-electron chi connectivity index (χ4n) is 6.90. The predicted octanol–water partition coefficient (Wildman–Crippen LogP) is 3.45. The number of halogens is 1. The maximum absolute atomic E-state index is 16.7. The van der Waals surface area contributed by atoms with E-state index in [0.717, 1.165) is 45.3 Å². The Morgan fingerprint density at radius 2 is 2.02 bits per heavy atom. The lowest BCUT2D eigenvalue weighted by Gasteiger charge is -2.35. The van der Waals surface area contributed by atoms with E-state index in [1.165, 1.54) is 6.07 Å². The van der Waals surface area contributed by atoms with Crippen molar-refractivity contribution in [3.63, 3.8) is 0 Å². The Morgan fingerprint density at radius 1 is 1.21 bits per heavy atom. The number of rotatable bonds is 6. The second-order valence-corrected chi connectivity index (χ2v) is 11.8. The third-order valence-corrected chi connectivity index (χ3v) is 9.24. The van der Waals surface area contributed by atoms with Crippen LogP contribution in [0.5, 0.6) is 11.8 Å². The molecule has 5 heterocycles. The van der Waals surface area contributed by atoms with E-state index < -0.39 is 11.4 Å². The van der Waals surface area contributed by atoms with Gasteiger partial charge in [0.15, 0.2) is 5.82 Å². The third kappa shape index (κ3) is 4.40. The molecule has 0 radical (unpaired) electrons. The zero-order valence-electron chi connectivity index (χ0n) is 23.5. The van der Waals surface area contributed by atoms with E-state index in [1.807, 2.05) is 13.1 Å². The van der Waals surface area contributed by atoms with Gasteiger partial charge in [-0.3, -0.25) is 9.88 Å². The Labute approximate surface area is 243 Å². The second kappa shape index (κ2) is 10.3. The number of pyridine rings is 1.